The number of carbonyl (C=O) groups excluding carboxylic acids is 2. The zero-order valence-electron chi connectivity index (χ0n) is 13.9. The molecule has 1 aromatic heterocycles. The van der Waals surface area contributed by atoms with E-state index in [0.717, 1.165) is 5.56 Å². The van der Waals surface area contributed by atoms with Crippen LogP contribution in [0, 0.1) is 6.92 Å². The molecule has 1 saturated heterocycles. The number of benzene rings is 1. The van der Waals surface area contributed by atoms with Crippen LogP contribution in [0.3, 0.4) is 0 Å². The first-order chi connectivity index (χ1) is 11.9. The monoisotopic (exact) mass is 359 g/mol. The number of aromatic nitrogens is 2. The number of amides is 2. The molecule has 130 valence electrons. The minimum atomic E-state index is -0.486. The molecule has 0 bridgehead atoms. The standard InChI is InChI=1S/C17H18ClN5O2/c1-9-13(18)14(22-17(19)21-9)11-3-5-12(6-4-11)16(25)23-8-7-20-15(24)10(23)2/h3-6,10H,7-8H2,1-2H3,(H,20,24)(H2,19,21,22)/t10-/m0/s1. The second-order valence-electron chi connectivity index (χ2n) is 5.87. The van der Waals surface area contributed by atoms with Crippen molar-refractivity contribution >= 4 is 29.4 Å². The molecule has 0 radical (unpaired) electrons. The van der Waals surface area contributed by atoms with Gasteiger partial charge in [0.1, 0.15) is 6.04 Å². The summed E-state index contributed by atoms with van der Waals surface area (Å²) >= 11 is 6.26. The lowest BCUT2D eigenvalue weighted by atomic mass is 10.1. The molecule has 2 aromatic rings. The molecule has 3 rings (SSSR count). The average molecular weight is 360 g/mol. The van der Waals surface area contributed by atoms with Crippen LogP contribution in [0.5, 0.6) is 0 Å². The van der Waals surface area contributed by atoms with E-state index in [0.29, 0.717) is 35.1 Å². The molecule has 0 spiro atoms. The molecule has 0 unspecified atom stereocenters. The molecule has 1 fully saturated rings. The molecule has 7 nitrogen and oxygen atoms in total. The third kappa shape index (κ3) is 3.28. The lowest BCUT2D eigenvalue weighted by Gasteiger charge is -2.32. The number of rotatable bonds is 2. The molecule has 25 heavy (non-hydrogen) atoms. The number of aryl methyl sites for hydroxylation is 1. The van der Waals surface area contributed by atoms with Gasteiger partial charge in [0.05, 0.1) is 16.4 Å². The number of nitrogen functional groups attached to an aromatic ring is 1. The van der Waals surface area contributed by atoms with Gasteiger partial charge < -0.3 is 16.0 Å². The maximum atomic E-state index is 12.7. The van der Waals surface area contributed by atoms with Gasteiger partial charge in [-0.05, 0) is 26.0 Å². The van der Waals surface area contributed by atoms with Crippen molar-refractivity contribution in [2.45, 2.75) is 19.9 Å². The lowest BCUT2D eigenvalue weighted by Crippen LogP contribution is -2.55. The van der Waals surface area contributed by atoms with Crippen LogP contribution in [0.1, 0.15) is 23.0 Å². The van der Waals surface area contributed by atoms with Crippen molar-refractivity contribution in [3.8, 4) is 11.3 Å². The topological polar surface area (TPSA) is 101 Å². The highest BCUT2D eigenvalue weighted by molar-refractivity contribution is 6.33. The Kier molecular flexibility index (Phi) is 4.59. The summed E-state index contributed by atoms with van der Waals surface area (Å²) in [4.78, 5) is 34.1. The van der Waals surface area contributed by atoms with Crippen LogP contribution >= 0.6 is 11.6 Å². The zero-order chi connectivity index (χ0) is 18.1. The SMILES string of the molecule is Cc1nc(N)nc(-c2ccc(C(=O)N3CCNC(=O)[C@@H]3C)cc2)c1Cl. The van der Waals surface area contributed by atoms with Gasteiger partial charge in [-0.3, -0.25) is 9.59 Å². The molecular weight excluding hydrogens is 342 g/mol. The second kappa shape index (κ2) is 6.68. The zero-order valence-corrected chi connectivity index (χ0v) is 14.7. The number of carbonyl (C=O) groups is 2. The highest BCUT2D eigenvalue weighted by Crippen LogP contribution is 2.28. The fourth-order valence-corrected chi connectivity index (χ4v) is 2.96. The molecule has 2 heterocycles. The summed E-state index contributed by atoms with van der Waals surface area (Å²) in [6, 6.07) is 6.42. The van der Waals surface area contributed by atoms with Gasteiger partial charge in [-0.15, -0.1) is 0 Å². The van der Waals surface area contributed by atoms with Crippen LogP contribution < -0.4 is 11.1 Å². The van der Waals surface area contributed by atoms with Crippen molar-refractivity contribution < 1.29 is 9.59 Å². The van der Waals surface area contributed by atoms with E-state index in [-0.39, 0.29) is 17.8 Å². The fourth-order valence-electron chi connectivity index (χ4n) is 2.77. The second-order valence-corrected chi connectivity index (χ2v) is 6.25. The van der Waals surface area contributed by atoms with Gasteiger partial charge in [0.25, 0.3) is 5.91 Å². The average Bonchev–Trinajstić information content (AvgIpc) is 2.60. The maximum Gasteiger partial charge on any atom is 0.254 e. The van der Waals surface area contributed by atoms with E-state index in [9.17, 15) is 9.59 Å². The number of hydrogen-bond acceptors (Lipinski definition) is 5. The van der Waals surface area contributed by atoms with Crippen molar-refractivity contribution in [3.05, 3.63) is 40.5 Å². The molecule has 0 saturated carbocycles. The maximum absolute atomic E-state index is 12.7. The number of nitrogens with two attached hydrogens (primary N) is 1. The first-order valence-corrected chi connectivity index (χ1v) is 8.25. The molecule has 1 aromatic carbocycles. The lowest BCUT2D eigenvalue weighted by molar-refractivity contribution is -0.127. The van der Waals surface area contributed by atoms with Gasteiger partial charge in [0.2, 0.25) is 11.9 Å². The Morgan fingerprint density at radius 3 is 2.68 bits per heavy atom. The molecule has 8 heteroatoms. The van der Waals surface area contributed by atoms with Crippen LogP contribution in [0.15, 0.2) is 24.3 Å². The van der Waals surface area contributed by atoms with Gasteiger partial charge in [-0.25, -0.2) is 9.97 Å². The number of anilines is 1. The Balaban J connectivity index is 1.88. The fraction of sp³-hybridized carbons (Fsp3) is 0.294. The first-order valence-electron chi connectivity index (χ1n) is 7.87. The van der Waals surface area contributed by atoms with E-state index in [1.54, 1.807) is 43.0 Å². The van der Waals surface area contributed by atoms with Crippen molar-refractivity contribution in [2.75, 3.05) is 18.8 Å². The summed E-state index contributed by atoms with van der Waals surface area (Å²) in [6.45, 7) is 4.42. The summed E-state index contributed by atoms with van der Waals surface area (Å²) in [5.41, 5.74) is 8.05. The van der Waals surface area contributed by atoms with E-state index in [4.69, 9.17) is 17.3 Å². The van der Waals surface area contributed by atoms with E-state index in [1.165, 1.54) is 0 Å². The summed E-state index contributed by atoms with van der Waals surface area (Å²) in [5.74, 6) is -0.182. The number of nitrogens with one attached hydrogen (secondary N) is 1. The molecule has 3 N–H and O–H groups in total. The van der Waals surface area contributed by atoms with E-state index < -0.39 is 6.04 Å². The smallest absolute Gasteiger partial charge is 0.254 e. The number of hydrogen-bond donors (Lipinski definition) is 2. The van der Waals surface area contributed by atoms with Crippen molar-refractivity contribution in [2.24, 2.45) is 0 Å². The summed E-state index contributed by atoms with van der Waals surface area (Å²) in [7, 11) is 0. The summed E-state index contributed by atoms with van der Waals surface area (Å²) in [6.07, 6.45) is 0. The van der Waals surface area contributed by atoms with Gasteiger partial charge >= 0.3 is 0 Å². The Morgan fingerprint density at radius 2 is 2.00 bits per heavy atom. The summed E-state index contributed by atoms with van der Waals surface area (Å²) < 4.78 is 0. The third-order valence-corrected chi connectivity index (χ3v) is 4.65. The Bertz CT molecular complexity index is 838. The highest BCUT2D eigenvalue weighted by atomic mass is 35.5. The van der Waals surface area contributed by atoms with E-state index >= 15 is 0 Å². The van der Waals surface area contributed by atoms with E-state index in [1.807, 2.05) is 0 Å². The molecule has 0 aliphatic carbocycles. The van der Waals surface area contributed by atoms with Crippen LogP contribution in [-0.4, -0.2) is 45.8 Å². The molecule has 1 atom stereocenters. The minimum absolute atomic E-state index is 0.144. The van der Waals surface area contributed by atoms with Crippen LogP contribution in [-0.2, 0) is 4.79 Å². The molecule has 2 amide bonds. The normalized spacial score (nSPS) is 17.3. The largest absolute Gasteiger partial charge is 0.368 e. The first kappa shape index (κ1) is 17.2. The quantitative estimate of drug-likeness (QED) is 0.849. The predicted octanol–water partition coefficient (Wildman–Crippen LogP) is 1.65. The molecular formula is C17H18ClN5O2. The van der Waals surface area contributed by atoms with Gasteiger partial charge in [0, 0.05) is 24.2 Å². The number of halogens is 1. The van der Waals surface area contributed by atoms with Crippen molar-refractivity contribution in [1.29, 1.82) is 0 Å². The highest BCUT2D eigenvalue weighted by Gasteiger charge is 2.29. The number of piperazine rings is 1. The van der Waals surface area contributed by atoms with Crippen LogP contribution in [0.4, 0.5) is 5.95 Å². The van der Waals surface area contributed by atoms with Gasteiger partial charge in [0.15, 0.2) is 0 Å². The van der Waals surface area contributed by atoms with Crippen molar-refractivity contribution in [1.82, 2.24) is 20.2 Å². The van der Waals surface area contributed by atoms with E-state index in [2.05, 4.69) is 15.3 Å². The van der Waals surface area contributed by atoms with Gasteiger partial charge in [-0.2, -0.15) is 0 Å². The third-order valence-electron chi connectivity index (χ3n) is 4.20. The number of nitrogens with zero attached hydrogens (tertiary/aromatic N) is 3. The van der Waals surface area contributed by atoms with Gasteiger partial charge in [-0.1, -0.05) is 23.7 Å². The Labute approximate surface area is 150 Å². The van der Waals surface area contributed by atoms with Crippen molar-refractivity contribution in [3.63, 3.8) is 0 Å². The van der Waals surface area contributed by atoms with Crippen LogP contribution in [0.2, 0.25) is 5.02 Å². The van der Waals surface area contributed by atoms with Crippen LogP contribution in [0.25, 0.3) is 11.3 Å². The predicted molar refractivity (Wildman–Crippen MR) is 95.1 cm³/mol. The molecule has 1 aliphatic rings. The minimum Gasteiger partial charge on any atom is -0.368 e. The Hall–Kier alpha value is -2.67. The summed E-state index contributed by atoms with van der Waals surface area (Å²) in [5, 5.41) is 3.17. The Morgan fingerprint density at radius 1 is 1.32 bits per heavy atom. The molecule has 1 aliphatic heterocycles.